The highest BCUT2D eigenvalue weighted by Gasteiger charge is 2.38. The van der Waals surface area contributed by atoms with Crippen LogP contribution in [0.5, 0.6) is 23.0 Å². The number of phenols is 4. The largest absolute Gasteiger partial charge is 0.508 e. The first-order valence-corrected chi connectivity index (χ1v) is 12.5. The molecule has 1 aliphatic rings. The van der Waals surface area contributed by atoms with Crippen LogP contribution in [0, 0.1) is 0 Å². The summed E-state index contributed by atoms with van der Waals surface area (Å²) < 4.78 is 37.2. The van der Waals surface area contributed by atoms with Crippen LogP contribution in [-0.4, -0.2) is 91.6 Å². The highest BCUT2D eigenvalue weighted by atomic mass is 19.4. The topological polar surface area (TPSA) is 240 Å². The van der Waals surface area contributed by atoms with E-state index in [0.717, 1.165) is 24.3 Å². The molecule has 0 spiro atoms. The van der Waals surface area contributed by atoms with Gasteiger partial charge in [-0.3, -0.25) is 9.59 Å². The molecule has 0 unspecified atom stereocenters. The number of amides is 1. The highest BCUT2D eigenvalue weighted by molar-refractivity contribution is 6.18. The number of phenolic OH excluding ortho intramolecular Hbond substituents is 4. The van der Waals surface area contributed by atoms with Crippen molar-refractivity contribution in [3.05, 3.63) is 82.4 Å². The number of aliphatic carboxylic acids is 1. The van der Waals surface area contributed by atoms with Gasteiger partial charge in [0.2, 0.25) is 5.78 Å². The Hall–Kier alpha value is -5.84. The molecule has 0 aromatic heterocycles. The summed E-state index contributed by atoms with van der Waals surface area (Å²) in [7, 11) is 0. The van der Waals surface area contributed by atoms with Crippen LogP contribution >= 0.6 is 0 Å². The van der Waals surface area contributed by atoms with E-state index in [-0.39, 0.29) is 30.0 Å². The third-order valence-electron chi connectivity index (χ3n) is 6.16. The van der Waals surface area contributed by atoms with E-state index in [1.165, 1.54) is 30.3 Å². The zero-order valence-corrected chi connectivity index (χ0v) is 22.5. The Bertz CT molecular complexity index is 1620. The normalized spacial score (nSPS) is 15.7. The van der Waals surface area contributed by atoms with Gasteiger partial charge >= 0.3 is 24.1 Å². The van der Waals surface area contributed by atoms with Gasteiger partial charge in [-0.05, 0) is 48.5 Å². The number of ether oxygens (including phenoxy) is 1. The molecule has 3 aromatic carbocycles. The Morgan fingerprint density at radius 3 is 1.91 bits per heavy atom. The third kappa shape index (κ3) is 8.17. The lowest BCUT2D eigenvalue weighted by Crippen LogP contribution is -2.44. The standard InChI is InChI=1S/C26H22N2O10.C2HF3O2/c29-14-6-4-12(5-7-14)24(34)28-16-10-27-11-20(16)38-26(37)13-8-18(31)22(19(32)9-13)23(33)21-15(25(35)36)2-1-3-17(21)30;3-2(4,5)1(6)7/h1-9,16,20,27,29-32H,10-11H2,(H,28,34)(H,35,36);(H,6,7)/t16-,20-;/m0./s1. The first-order chi connectivity index (χ1) is 21.0. The van der Waals surface area contributed by atoms with Crippen molar-refractivity contribution in [2.45, 2.75) is 18.3 Å². The van der Waals surface area contributed by atoms with Crippen LogP contribution in [0.1, 0.15) is 47.0 Å². The quantitative estimate of drug-likeness (QED) is 0.137. The lowest BCUT2D eigenvalue weighted by molar-refractivity contribution is -0.192. The number of carbonyl (C=O) groups excluding carboxylic acids is 3. The zero-order chi connectivity index (χ0) is 33.6. The minimum absolute atomic E-state index is 0.00184. The van der Waals surface area contributed by atoms with Crippen molar-refractivity contribution < 1.29 is 72.5 Å². The summed E-state index contributed by atoms with van der Waals surface area (Å²) in [4.78, 5) is 58.6. The molecule has 1 amide bonds. The molecule has 17 heteroatoms. The molecule has 0 bridgehead atoms. The molecule has 3 aromatic rings. The molecule has 1 aliphatic heterocycles. The number of esters is 1. The van der Waals surface area contributed by atoms with Crippen LogP contribution in [0.2, 0.25) is 0 Å². The van der Waals surface area contributed by atoms with E-state index in [1.54, 1.807) is 0 Å². The van der Waals surface area contributed by atoms with E-state index in [9.17, 15) is 57.9 Å². The van der Waals surface area contributed by atoms with E-state index in [1.807, 2.05) is 0 Å². The Labute approximate surface area is 249 Å². The van der Waals surface area contributed by atoms with E-state index in [0.29, 0.717) is 0 Å². The zero-order valence-electron chi connectivity index (χ0n) is 22.5. The van der Waals surface area contributed by atoms with Gasteiger partial charge in [-0.2, -0.15) is 13.2 Å². The maximum Gasteiger partial charge on any atom is 0.490 e. The van der Waals surface area contributed by atoms with Gasteiger partial charge < -0.3 is 46.0 Å². The van der Waals surface area contributed by atoms with Crippen molar-refractivity contribution in [3.63, 3.8) is 0 Å². The summed E-state index contributed by atoms with van der Waals surface area (Å²) in [5, 5.41) is 62.5. The predicted octanol–water partition coefficient (Wildman–Crippen LogP) is 2.00. The van der Waals surface area contributed by atoms with Crippen molar-refractivity contribution >= 4 is 29.6 Å². The molecule has 0 saturated carbocycles. The molecule has 14 nitrogen and oxygen atoms in total. The van der Waals surface area contributed by atoms with Gasteiger partial charge in [0.05, 0.1) is 22.7 Å². The maximum absolute atomic E-state index is 13.0. The molecule has 238 valence electrons. The summed E-state index contributed by atoms with van der Waals surface area (Å²) in [6.07, 6.45) is -5.89. The van der Waals surface area contributed by atoms with Gasteiger partial charge in [-0.25, -0.2) is 14.4 Å². The van der Waals surface area contributed by atoms with E-state index in [2.05, 4.69) is 10.6 Å². The molecule has 1 fully saturated rings. The monoisotopic (exact) mass is 636 g/mol. The fourth-order valence-electron chi connectivity index (χ4n) is 4.04. The summed E-state index contributed by atoms with van der Waals surface area (Å²) in [6.45, 7) is 0.490. The Kier molecular flexibility index (Phi) is 10.2. The van der Waals surface area contributed by atoms with Gasteiger partial charge in [0.15, 0.2) is 0 Å². The molecule has 1 saturated heterocycles. The molecular formula is C28H23F3N2O12. The molecule has 0 radical (unpaired) electrons. The molecule has 2 atom stereocenters. The van der Waals surface area contributed by atoms with Crippen molar-refractivity contribution in [2.24, 2.45) is 0 Å². The number of hydrogen-bond acceptors (Lipinski definition) is 11. The first kappa shape index (κ1) is 33.7. The smallest absolute Gasteiger partial charge is 0.490 e. The van der Waals surface area contributed by atoms with E-state index >= 15 is 0 Å². The van der Waals surface area contributed by atoms with Crippen molar-refractivity contribution in [3.8, 4) is 23.0 Å². The summed E-state index contributed by atoms with van der Waals surface area (Å²) in [5.41, 5.74) is -1.95. The highest BCUT2D eigenvalue weighted by Crippen LogP contribution is 2.35. The third-order valence-corrected chi connectivity index (χ3v) is 6.16. The van der Waals surface area contributed by atoms with Crippen LogP contribution < -0.4 is 10.6 Å². The van der Waals surface area contributed by atoms with Crippen LogP contribution in [0.3, 0.4) is 0 Å². The van der Waals surface area contributed by atoms with E-state index in [4.69, 9.17) is 14.6 Å². The van der Waals surface area contributed by atoms with Crippen LogP contribution in [0.4, 0.5) is 13.2 Å². The lowest BCUT2D eigenvalue weighted by Gasteiger charge is -2.21. The number of hydrogen-bond donors (Lipinski definition) is 8. The van der Waals surface area contributed by atoms with Gasteiger partial charge in [0.1, 0.15) is 34.7 Å². The van der Waals surface area contributed by atoms with Crippen LogP contribution in [-0.2, 0) is 9.53 Å². The van der Waals surface area contributed by atoms with Gasteiger partial charge in [-0.1, -0.05) is 6.07 Å². The van der Waals surface area contributed by atoms with Crippen molar-refractivity contribution in [1.82, 2.24) is 10.6 Å². The van der Waals surface area contributed by atoms with Gasteiger partial charge in [0, 0.05) is 18.7 Å². The fourth-order valence-corrected chi connectivity index (χ4v) is 4.04. The van der Waals surface area contributed by atoms with Gasteiger partial charge in [-0.15, -0.1) is 0 Å². The fraction of sp³-hybridized carbons (Fsp3) is 0.179. The lowest BCUT2D eigenvalue weighted by atomic mass is 9.95. The number of nitrogens with one attached hydrogen (secondary N) is 2. The van der Waals surface area contributed by atoms with Gasteiger partial charge in [0.25, 0.3) is 5.91 Å². The number of aromatic hydroxyl groups is 4. The minimum Gasteiger partial charge on any atom is -0.508 e. The Morgan fingerprint density at radius 1 is 0.800 bits per heavy atom. The number of ketones is 1. The predicted molar refractivity (Wildman–Crippen MR) is 143 cm³/mol. The average molecular weight is 636 g/mol. The maximum atomic E-state index is 13.0. The summed E-state index contributed by atoms with van der Waals surface area (Å²) in [5.74, 6) is -9.24. The second kappa shape index (κ2) is 13.6. The number of carboxylic acids is 2. The molecule has 45 heavy (non-hydrogen) atoms. The number of alkyl halides is 3. The Morgan fingerprint density at radius 2 is 1.38 bits per heavy atom. The molecule has 8 N–H and O–H groups in total. The molecule has 0 aliphatic carbocycles. The average Bonchev–Trinajstić information content (AvgIpc) is 3.38. The second-order valence-corrected chi connectivity index (χ2v) is 9.26. The number of carbonyl (C=O) groups is 5. The van der Waals surface area contributed by atoms with Crippen LogP contribution in [0.25, 0.3) is 0 Å². The van der Waals surface area contributed by atoms with E-state index < -0.39 is 81.9 Å². The molecule has 1 heterocycles. The first-order valence-electron chi connectivity index (χ1n) is 12.5. The minimum atomic E-state index is -5.08. The number of rotatable bonds is 7. The molecular weight excluding hydrogens is 613 g/mol. The number of halogens is 3. The SMILES string of the molecule is O=C(N[C@H]1CNC[C@@H]1OC(=O)c1cc(O)c(C(=O)c2c(O)cccc2C(=O)O)c(O)c1)c1ccc(O)cc1.O=C(O)C(F)(F)F. The summed E-state index contributed by atoms with van der Waals surface area (Å²) in [6, 6.07) is 10.0. The van der Waals surface area contributed by atoms with Crippen molar-refractivity contribution in [1.29, 1.82) is 0 Å². The van der Waals surface area contributed by atoms with Crippen molar-refractivity contribution in [2.75, 3.05) is 13.1 Å². The molecule has 4 rings (SSSR count). The summed E-state index contributed by atoms with van der Waals surface area (Å²) >= 11 is 0. The number of benzene rings is 3. The number of carboxylic acid groups (broad SMARTS) is 2. The number of aromatic carboxylic acids is 1. The Balaban J connectivity index is 0.000000707. The second-order valence-electron chi connectivity index (χ2n) is 9.26. The van der Waals surface area contributed by atoms with Crippen LogP contribution in [0.15, 0.2) is 54.6 Å².